The van der Waals surface area contributed by atoms with Gasteiger partial charge in [0.15, 0.2) is 0 Å². The number of aliphatic carboxylic acids is 2. The van der Waals surface area contributed by atoms with E-state index in [0.29, 0.717) is 0 Å². The Morgan fingerprint density at radius 2 is 1.12 bits per heavy atom. The summed E-state index contributed by atoms with van der Waals surface area (Å²) in [5.41, 5.74) is 0. The van der Waals surface area contributed by atoms with Crippen LogP contribution in [0.5, 0.6) is 0 Å². The molecule has 0 amide bonds. The minimum absolute atomic E-state index is 0. The molecule has 0 aromatic rings. The van der Waals surface area contributed by atoms with E-state index in [9.17, 15) is 19.8 Å². The molecule has 0 aromatic carbocycles. The Morgan fingerprint density at radius 1 is 0.938 bits per heavy atom. The molecule has 0 fully saturated rings. The van der Waals surface area contributed by atoms with Gasteiger partial charge in [0.1, 0.15) is 0 Å². The van der Waals surface area contributed by atoms with Gasteiger partial charge in [-0.3, -0.25) is 0 Å². The van der Waals surface area contributed by atoms with Gasteiger partial charge in [-0.1, -0.05) is 0 Å². The van der Waals surface area contributed by atoms with Crippen molar-refractivity contribution in [3.63, 3.8) is 0 Å². The summed E-state index contributed by atoms with van der Waals surface area (Å²) < 4.78 is 0. The van der Waals surface area contributed by atoms with Gasteiger partial charge < -0.3 is 30.0 Å². The number of aliphatic hydroxyl groups excluding tert-OH is 2. The van der Waals surface area contributed by atoms with E-state index in [1.807, 2.05) is 0 Å². The van der Waals surface area contributed by atoms with Crippen LogP contribution < -0.4 is 69.3 Å². The third-order valence-electron chi connectivity index (χ3n) is 0.924. The van der Waals surface area contributed by atoms with Crippen LogP contribution in [0.1, 0.15) is 26.7 Å². The SMILES string of the molecule is C[C@H](O)CC(=O)[O-].C[C@H](O)CC(=O)[O-].[Na+].[Na+]. The maximum atomic E-state index is 9.54. The summed E-state index contributed by atoms with van der Waals surface area (Å²) in [4.78, 5) is 19.1. The third-order valence-corrected chi connectivity index (χ3v) is 0.924. The minimum atomic E-state index is -1.21. The topological polar surface area (TPSA) is 121 Å². The summed E-state index contributed by atoms with van der Waals surface area (Å²) in [5.74, 6) is -2.43. The number of aliphatic hydroxyl groups is 2. The molecule has 0 rings (SSSR count). The van der Waals surface area contributed by atoms with Gasteiger partial charge in [-0.05, 0) is 13.8 Å². The van der Waals surface area contributed by atoms with Gasteiger partial charge in [0.25, 0.3) is 0 Å². The van der Waals surface area contributed by atoms with Crippen LogP contribution in [0.2, 0.25) is 0 Å². The number of carboxylic acids is 2. The predicted octanol–water partition coefficient (Wildman–Crippen LogP) is -8.98. The monoisotopic (exact) mass is 252 g/mol. The Morgan fingerprint density at radius 3 is 1.12 bits per heavy atom. The first-order chi connectivity index (χ1) is 6.25. The van der Waals surface area contributed by atoms with Gasteiger partial charge in [0.2, 0.25) is 0 Å². The number of carboxylic acid groups (broad SMARTS) is 2. The summed E-state index contributed by atoms with van der Waals surface area (Å²) in [6.07, 6.45) is -2.13. The molecule has 0 saturated carbocycles. The Bertz CT molecular complexity index is 163. The van der Waals surface area contributed by atoms with Crippen molar-refractivity contribution in [2.75, 3.05) is 0 Å². The predicted molar refractivity (Wildman–Crippen MR) is 42.6 cm³/mol. The quantitative estimate of drug-likeness (QED) is 0.479. The van der Waals surface area contributed by atoms with Crippen molar-refractivity contribution < 1.29 is 89.1 Å². The molecular formula is C8H14Na2O6. The van der Waals surface area contributed by atoms with E-state index < -0.39 is 24.1 Å². The molecule has 2 N–H and O–H groups in total. The van der Waals surface area contributed by atoms with Crippen LogP contribution >= 0.6 is 0 Å². The zero-order valence-electron chi connectivity index (χ0n) is 10.1. The van der Waals surface area contributed by atoms with Gasteiger partial charge >= 0.3 is 59.1 Å². The molecule has 0 aliphatic rings. The Kier molecular flexibility index (Phi) is 25.4. The Balaban J connectivity index is -0.0000000800. The molecule has 6 nitrogen and oxygen atoms in total. The van der Waals surface area contributed by atoms with Crippen molar-refractivity contribution in [1.29, 1.82) is 0 Å². The zero-order chi connectivity index (χ0) is 11.7. The molecule has 0 saturated heterocycles. The van der Waals surface area contributed by atoms with E-state index >= 15 is 0 Å². The van der Waals surface area contributed by atoms with Crippen LogP contribution in [0.15, 0.2) is 0 Å². The number of rotatable bonds is 4. The standard InChI is InChI=1S/2C4H8O3.2Na/c2*1-3(5)2-4(6)7;;/h2*3,5H,2H2,1H3,(H,6,7);;/q;;2*+1/p-2/t2*3-;;/m00../s1. The fourth-order valence-corrected chi connectivity index (χ4v) is 0.482. The molecule has 0 aliphatic carbocycles. The smallest absolute Gasteiger partial charge is 0.550 e. The molecule has 0 unspecified atom stereocenters. The number of hydrogen-bond acceptors (Lipinski definition) is 6. The van der Waals surface area contributed by atoms with E-state index in [-0.39, 0.29) is 72.0 Å². The third kappa shape index (κ3) is 36.4. The fourth-order valence-electron chi connectivity index (χ4n) is 0.482. The zero-order valence-corrected chi connectivity index (χ0v) is 14.1. The number of hydrogen-bond donors (Lipinski definition) is 2. The second-order valence-corrected chi connectivity index (χ2v) is 2.85. The van der Waals surface area contributed by atoms with Crippen LogP contribution in [0.3, 0.4) is 0 Å². The molecule has 84 valence electrons. The first-order valence-electron chi connectivity index (χ1n) is 4.01. The molecule has 0 aliphatic heterocycles. The van der Waals surface area contributed by atoms with Gasteiger partial charge in [-0.25, -0.2) is 0 Å². The van der Waals surface area contributed by atoms with E-state index in [2.05, 4.69) is 0 Å². The van der Waals surface area contributed by atoms with Crippen LogP contribution in [0.25, 0.3) is 0 Å². The fraction of sp³-hybridized carbons (Fsp3) is 0.750. The first-order valence-corrected chi connectivity index (χ1v) is 4.01. The van der Waals surface area contributed by atoms with Gasteiger partial charge in [-0.15, -0.1) is 0 Å². The van der Waals surface area contributed by atoms with E-state index in [1.54, 1.807) is 0 Å². The van der Waals surface area contributed by atoms with Crippen LogP contribution in [-0.2, 0) is 9.59 Å². The average Bonchev–Trinajstić information content (AvgIpc) is 1.79. The Hall–Kier alpha value is 0.860. The molecule has 0 bridgehead atoms. The summed E-state index contributed by atoms with van der Waals surface area (Å²) >= 11 is 0. The maximum absolute atomic E-state index is 9.54. The Labute approximate surface area is 139 Å². The second-order valence-electron chi connectivity index (χ2n) is 2.85. The largest absolute Gasteiger partial charge is 1.00 e. The minimum Gasteiger partial charge on any atom is -0.550 e. The average molecular weight is 252 g/mol. The molecule has 0 heterocycles. The van der Waals surface area contributed by atoms with Gasteiger partial charge in [-0.2, -0.15) is 0 Å². The number of carbonyl (C=O) groups excluding carboxylic acids is 2. The van der Waals surface area contributed by atoms with E-state index in [1.165, 1.54) is 13.8 Å². The second kappa shape index (κ2) is 15.9. The van der Waals surface area contributed by atoms with Crippen LogP contribution in [0, 0.1) is 0 Å². The summed E-state index contributed by atoms with van der Waals surface area (Å²) in [7, 11) is 0. The molecule has 0 radical (unpaired) electrons. The van der Waals surface area contributed by atoms with Crippen molar-refractivity contribution >= 4 is 11.9 Å². The first kappa shape index (κ1) is 25.6. The molecule has 16 heavy (non-hydrogen) atoms. The molecule has 0 aromatic heterocycles. The molecule has 2 atom stereocenters. The van der Waals surface area contributed by atoms with Crippen molar-refractivity contribution in [2.24, 2.45) is 0 Å². The van der Waals surface area contributed by atoms with E-state index in [4.69, 9.17) is 10.2 Å². The molecular weight excluding hydrogens is 238 g/mol. The summed E-state index contributed by atoms with van der Waals surface area (Å²) in [6.45, 7) is 2.80. The summed E-state index contributed by atoms with van der Waals surface area (Å²) in [6, 6.07) is 0. The van der Waals surface area contributed by atoms with E-state index in [0.717, 1.165) is 0 Å². The normalized spacial score (nSPS) is 11.8. The van der Waals surface area contributed by atoms with Crippen LogP contribution in [-0.4, -0.2) is 34.4 Å². The van der Waals surface area contributed by atoms with Crippen LogP contribution in [0.4, 0.5) is 0 Å². The number of carbonyl (C=O) groups is 2. The van der Waals surface area contributed by atoms with Gasteiger partial charge in [0.05, 0.1) is 12.2 Å². The van der Waals surface area contributed by atoms with Crippen molar-refractivity contribution in [3.8, 4) is 0 Å². The van der Waals surface area contributed by atoms with Crippen molar-refractivity contribution in [2.45, 2.75) is 38.9 Å². The molecule has 8 heteroatoms. The van der Waals surface area contributed by atoms with Crippen molar-refractivity contribution in [1.82, 2.24) is 0 Å². The van der Waals surface area contributed by atoms with Crippen molar-refractivity contribution in [3.05, 3.63) is 0 Å². The molecule has 0 spiro atoms. The van der Waals surface area contributed by atoms with Gasteiger partial charge in [0, 0.05) is 24.8 Å². The maximum Gasteiger partial charge on any atom is 1.00 e. The summed E-state index contributed by atoms with van der Waals surface area (Å²) in [5, 5.41) is 35.7.